The molecule has 0 radical (unpaired) electrons. The number of carbonyl (C=O) groups is 1. The summed E-state index contributed by atoms with van der Waals surface area (Å²) < 4.78 is 23.6. The van der Waals surface area contributed by atoms with Gasteiger partial charge in [0.2, 0.25) is 0 Å². The number of nitrogens with zero attached hydrogens (tertiary/aromatic N) is 2. The van der Waals surface area contributed by atoms with E-state index in [0.29, 0.717) is 31.2 Å². The molecule has 1 fully saturated rings. The van der Waals surface area contributed by atoms with Crippen molar-refractivity contribution < 1.29 is 13.2 Å². The molecular weight excluding hydrogens is 376 g/mol. The van der Waals surface area contributed by atoms with Crippen molar-refractivity contribution in [2.24, 2.45) is 4.99 Å². The van der Waals surface area contributed by atoms with Gasteiger partial charge in [0.1, 0.15) is 0 Å². The van der Waals surface area contributed by atoms with Crippen LogP contribution in [0.1, 0.15) is 50.0 Å². The third-order valence-electron chi connectivity index (χ3n) is 5.18. The van der Waals surface area contributed by atoms with Crippen molar-refractivity contribution in [3.8, 4) is 0 Å². The van der Waals surface area contributed by atoms with Gasteiger partial charge >= 0.3 is 0 Å². The van der Waals surface area contributed by atoms with Gasteiger partial charge in [0.15, 0.2) is 15.8 Å². The van der Waals surface area contributed by atoms with E-state index in [1.165, 1.54) is 0 Å². The summed E-state index contributed by atoms with van der Waals surface area (Å²) in [4.78, 5) is 18.6. The first-order valence-corrected chi connectivity index (χ1v) is 11.3. The predicted octanol–water partition coefficient (Wildman–Crippen LogP) is 1.80. The van der Waals surface area contributed by atoms with Crippen molar-refractivity contribution in [2.75, 3.05) is 25.9 Å². The summed E-state index contributed by atoms with van der Waals surface area (Å²) in [5.74, 6) is 0.701. The minimum atomic E-state index is -3.10. The van der Waals surface area contributed by atoms with Crippen LogP contribution >= 0.6 is 0 Å². The lowest BCUT2D eigenvalue weighted by Gasteiger charge is -2.39. The Morgan fingerprint density at radius 3 is 2.68 bits per heavy atom. The van der Waals surface area contributed by atoms with Crippen LogP contribution in [-0.2, 0) is 16.4 Å². The molecule has 28 heavy (non-hydrogen) atoms. The molecule has 1 aliphatic rings. The van der Waals surface area contributed by atoms with E-state index in [9.17, 15) is 13.2 Å². The smallest absolute Gasteiger partial charge is 0.251 e. The lowest BCUT2D eigenvalue weighted by molar-refractivity contribution is 0.0939. The van der Waals surface area contributed by atoms with Gasteiger partial charge in [-0.25, -0.2) is 8.42 Å². The van der Waals surface area contributed by atoms with Gasteiger partial charge in [-0.3, -0.25) is 9.79 Å². The fraction of sp³-hybridized carbons (Fsp3) is 0.600. The lowest BCUT2D eigenvalue weighted by atomic mass is 10.1. The van der Waals surface area contributed by atoms with Crippen molar-refractivity contribution >= 4 is 21.7 Å². The van der Waals surface area contributed by atoms with E-state index < -0.39 is 14.6 Å². The Labute approximate surface area is 168 Å². The maximum absolute atomic E-state index is 12.3. The molecule has 1 aromatic carbocycles. The van der Waals surface area contributed by atoms with Crippen LogP contribution in [0.3, 0.4) is 0 Å². The summed E-state index contributed by atoms with van der Waals surface area (Å²) >= 11 is 0. The second kappa shape index (κ2) is 8.94. The summed E-state index contributed by atoms with van der Waals surface area (Å²) in [5, 5.41) is 6.26. The molecule has 0 saturated carbocycles. The highest BCUT2D eigenvalue weighted by molar-refractivity contribution is 7.92. The first-order chi connectivity index (χ1) is 13.1. The summed E-state index contributed by atoms with van der Waals surface area (Å²) in [5.41, 5.74) is 1.58. The zero-order valence-corrected chi connectivity index (χ0v) is 18.3. The summed E-state index contributed by atoms with van der Waals surface area (Å²) in [6.45, 7) is 8.83. The largest absolute Gasteiger partial charge is 0.352 e. The Morgan fingerprint density at radius 2 is 2.07 bits per heavy atom. The Morgan fingerprint density at radius 1 is 1.36 bits per heavy atom. The van der Waals surface area contributed by atoms with Crippen LogP contribution in [0.2, 0.25) is 0 Å². The fourth-order valence-corrected chi connectivity index (χ4v) is 4.44. The van der Waals surface area contributed by atoms with Crippen LogP contribution in [0.15, 0.2) is 29.3 Å². The number of hydrogen-bond acceptors (Lipinski definition) is 4. The van der Waals surface area contributed by atoms with Crippen molar-refractivity contribution in [1.29, 1.82) is 0 Å². The van der Waals surface area contributed by atoms with Crippen LogP contribution < -0.4 is 10.6 Å². The third kappa shape index (κ3) is 5.25. The summed E-state index contributed by atoms with van der Waals surface area (Å²) in [6, 6.07) is 7.61. The minimum Gasteiger partial charge on any atom is -0.352 e. The molecule has 2 rings (SSSR count). The molecular formula is C20H32N4O3S. The number of benzene rings is 1. The molecule has 156 valence electrons. The van der Waals surface area contributed by atoms with E-state index in [-0.39, 0.29) is 17.7 Å². The number of nitrogens with one attached hydrogen (secondary N) is 2. The lowest BCUT2D eigenvalue weighted by Crippen LogP contribution is -2.57. The number of rotatable bonds is 5. The molecule has 0 aliphatic carbocycles. The van der Waals surface area contributed by atoms with Gasteiger partial charge in [0.05, 0.1) is 10.5 Å². The van der Waals surface area contributed by atoms with E-state index in [0.717, 1.165) is 12.0 Å². The van der Waals surface area contributed by atoms with Gasteiger partial charge in [-0.2, -0.15) is 0 Å². The molecule has 1 amide bonds. The van der Waals surface area contributed by atoms with Gasteiger partial charge in [0, 0.05) is 38.3 Å². The number of guanidine groups is 1. The average Bonchev–Trinajstić information content (AvgIpc) is 2.65. The highest BCUT2D eigenvalue weighted by atomic mass is 32.2. The molecule has 1 atom stereocenters. The molecule has 0 bridgehead atoms. The molecule has 1 unspecified atom stereocenters. The Hall–Kier alpha value is -2.09. The summed E-state index contributed by atoms with van der Waals surface area (Å²) in [7, 11) is -1.41. The van der Waals surface area contributed by atoms with Crippen molar-refractivity contribution in [3.05, 3.63) is 35.4 Å². The van der Waals surface area contributed by atoms with E-state index in [1.54, 1.807) is 27.0 Å². The van der Waals surface area contributed by atoms with Crippen LogP contribution in [0, 0.1) is 0 Å². The average molecular weight is 409 g/mol. The van der Waals surface area contributed by atoms with E-state index in [1.807, 2.05) is 36.9 Å². The fourth-order valence-electron chi connectivity index (χ4n) is 3.07. The number of hydrogen-bond donors (Lipinski definition) is 2. The molecule has 0 aromatic heterocycles. The third-order valence-corrected chi connectivity index (χ3v) is 7.72. The maximum atomic E-state index is 12.3. The van der Waals surface area contributed by atoms with Crippen LogP contribution in [0.25, 0.3) is 0 Å². The summed E-state index contributed by atoms with van der Waals surface area (Å²) in [6.07, 6.45) is 0.880. The van der Waals surface area contributed by atoms with E-state index in [4.69, 9.17) is 0 Å². The van der Waals surface area contributed by atoms with Crippen LogP contribution in [0.4, 0.5) is 0 Å². The predicted molar refractivity (Wildman–Crippen MR) is 113 cm³/mol. The highest BCUT2D eigenvalue weighted by Gasteiger charge is 2.40. The number of amides is 1. The zero-order valence-electron chi connectivity index (χ0n) is 17.4. The minimum absolute atomic E-state index is 0.0800. The Kier molecular flexibility index (Phi) is 7.09. The molecule has 2 N–H and O–H groups in total. The van der Waals surface area contributed by atoms with Gasteiger partial charge in [0.25, 0.3) is 5.91 Å². The number of aliphatic imine (C=N–C) groups is 1. The highest BCUT2D eigenvalue weighted by Crippen LogP contribution is 2.23. The number of carbonyl (C=O) groups excluding carboxylic acids is 1. The van der Waals surface area contributed by atoms with Gasteiger partial charge in [-0.05, 0) is 44.9 Å². The van der Waals surface area contributed by atoms with Gasteiger partial charge in [-0.15, -0.1) is 0 Å². The molecule has 1 aromatic rings. The molecule has 1 saturated heterocycles. The Balaban J connectivity index is 2.03. The zero-order chi connectivity index (χ0) is 20.9. The first kappa shape index (κ1) is 22.2. The van der Waals surface area contributed by atoms with Crippen LogP contribution in [0.5, 0.6) is 0 Å². The molecule has 7 nitrogen and oxygen atoms in total. The molecule has 0 spiro atoms. The second-order valence-electron chi connectivity index (χ2n) is 7.88. The molecule has 8 heteroatoms. The van der Waals surface area contributed by atoms with Crippen molar-refractivity contribution in [2.45, 2.75) is 51.4 Å². The topological polar surface area (TPSA) is 90.9 Å². The quantitative estimate of drug-likeness (QED) is 0.573. The molecule has 1 aliphatic heterocycles. The monoisotopic (exact) mass is 408 g/mol. The molecule has 1 heterocycles. The Bertz CT molecular complexity index is 834. The number of sulfone groups is 1. The van der Waals surface area contributed by atoms with Crippen molar-refractivity contribution in [3.63, 3.8) is 0 Å². The SMILES string of the molecule is CCC(C)NC(=O)c1cccc(CNC(=NC)N2CCS(=O)(=O)C(C)(C)C2)c1. The normalized spacial score (nSPS) is 19.8. The van der Waals surface area contributed by atoms with Crippen LogP contribution in [-0.4, -0.2) is 61.9 Å². The van der Waals surface area contributed by atoms with Gasteiger partial charge in [-0.1, -0.05) is 19.1 Å². The standard InChI is InChI=1S/C20H32N4O3S/c1-6-15(2)23-18(25)17-9-7-8-16(12-17)13-22-19(21-5)24-10-11-28(26,27)20(3,4)14-24/h7-9,12,15H,6,10-11,13-14H2,1-5H3,(H,21,22)(H,23,25). The first-order valence-electron chi connectivity index (χ1n) is 9.67. The van der Waals surface area contributed by atoms with E-state index in [2.05, 4.69) is 15.6 Å². The van der Waals surface area contributed by atoms with Crippen molar-refractivity contribution in [1.82, 2.24) is 15.5 Å². The van der Waals surface area contributed by atoms with E-state index >= 15 is 0 Å². The van der Waals surface area contributed by atoms with Gasteiger partial charge < -0.3 is 15.5 Å². The second-order valence-corrected chi connectivity index (χ2v) is 10.6. The maximum Gasteiger partial charge on any atom is 0.251 e.